The van der Waals surface area contributed by atoms with Crippen LogP contribution >= 0.6 is 0 Å². The van der Waals surface area contributed by atoms with Gasteiger partial charge < -0.3 is 0 Å². The molecule has 0 saturated heterocycles. The number of hydrogen-bond acceptors (Lipinski definition) is 3. The van der Waals surface area contributed by atoms with Gasteiger partial charge in [-0.05, 0) is 0 Å². The molecule has 0 radical (unpaired) electrons. The van der Waals surface area contributed by atoms with Crippen molar-refractivity contribution in [3.05, 3.63) is 73.2 Å². The van der Waals surface area contributed by atoms with Crippen LogP contribution < -0.4 is 24.2 Å². The molecule has 6 aromatic rings. The summed E-state index contributed by atoms with van der Waals surface area (Å²) in [6.45, 7) is 37.0. The van der Waals surface area contributed by atoms with Crippen LogP contribution in [0.5, 0.6) is 17.2 Å². The second kappa shape index (κ2) is 13.9. The van der Waals surface area contributed by atoms with E-state index in [-0.39, 0.29) is 15.1 Å². The van der Waals surface area contributed by atoms with Crippen LogP contribution in [0.1, 0.15) is 62.3 Å². The SMILES string of the molecule is COc1ccc2c(c1)[c]([In]([c]1cn([Si](C)(C)C(C)(C)C)c3ccc(OC)cc13)[c]1cn([Si](C)(C)C(C)(C)C)c3ccc(OC)cc13)cn2[Si](C)(C)C(C)(C)C. The van der Waals surface area contributed by atoms with Crippen molar-refractivity contribution in [3.63, 3.8) is 0 Å². The monoisotopic (exact) mass is 895 g/mol. The van der Waals surface area contributed by atoms with E-state index < -0.39 is 46.1 Å². The van der Waals surface area contributed by atoms with Gasteiger partial charge in [0.05, 0.1) is 0 Å². The summed E-state index contributed by atoms with van der Waals surface area (Å²) in [7, 11) is -0.801. The van der Waals surface area contributed by atoms with E-state index in [0.717, 1.165) is 17.2 Å². The summed E-state index contributed by atoms with van der Waals surface area (Å²) >= 11 is -3.47. The number of benzene rings is 3. The Labute approximate surface area is 342 Å². The summed E-state index contributed by atoms with van der Waals surface area (Å²) in [4.78, 5) is 0. The Morgan fingerprint density at radius 3 is 0.855 bits per heavy atom. The summed E-state index contributed by atoms with van der Waals surface area (Å²) in [5, 5.41) is 4.40. The van der Waals surface area contributed by atoms with Gasteiger partial charge in [0.15, 0.2) is 0 Å². The van der Waals surface area contributed by atoms with Gasteiger partial charge in [-0.3, -0.25) is 0 Å². The summed E-state index contributed by atoms with van der Waals surface area (Å²) < 4.78 is 30.7. The fourth-order valence-corrected chi connectivity index (χ4v) is 25.0. The van der Waals surface area contributed by atoms with E-state index in [1.54, 1.807) is 21.3 Å². The summed E-state index contributed by atoms with van der Waals surface area (Å²) in [6.07, 6.45) is 7.86. The van der Waals surface area contributed by atoms with E-state index in [4.69, 9.17) is 14.2 Å². The van der Waals surface area contributed by atoms with Crippen LogP contribution in [0.4, 0.5) is 0 Å². The van der Waals surface area contributed by atoms with Gasteiger partial charge in [-0.15, -0.1) is 0 Å². The normalized spacial score (nSPS) is 13.6. The van der Waals surface area contributed by atoms with Crippen LogP contribution in [0.15, 0.2) is 73.2 Å². The van der Waals surface area contributed by atoms with Crippen LogP contribution in [-0.4, -0.2) is 80.2 Å². The van der Waals surface area contributed by atoms with Crippen LogP contribution in [0, 0.1) is 0 Å². The molecule has 0 amide bonds. The van der Waals surface area contributed by atoms with Crippen LogP contribution in [0.2, 0.25) is 54.4 Å². The van der Waals surface area contributed by atoms with Crippen molar-refractivity contribution in [2.24, 2.45) is 0 Å². The van der Waals surface area contributed by atoms with Crippen molar-refractivity contribution < 1.29 is 14.2 Å². The molecule has 0 spiro atoms. The summed E-state index contributed by atoms with van der Waals surface area (Å²) in [6, 6.07) is 20.4. The number of ether oxygens (including phenoxy) is 3. The summed E-state index contributed by atoms with van der Waals surface area (Å²) in [5.74, 6) is 2.72. The van der Waals surface area contributed by atoms with Gasteiger partial charge in [0.25, 0.3) is 0 Å². The molecule has 0 aliphatic heterocycles. The number of methoxy groups -OCH3 is 3. The average molecular weight is 896 g/mol. The Hall–Kier alpha value is -2.80. The van der Waals surface area contributed by atoms with Gasteiger partial charge in [0.1, 0.15) is 0 Å². The molecule has 3 aromatic carbocycles. The fraction of sp³-hybridized carbons (Fsp3) is 0.467. The number of fused-ring (bicyclic) bond motifs is 3. The first-order chi connectivity index (χ1) is 25.3. The molecule has 55 heavy (non-hydrogen) atoms. The third kappa shape index (κ3) is 6.78. The van der Waals surface area contributed by atoms with Crippen molar-refractivity contribution in [3.8, 4) is 17.2 Å². The first-order valence-electron chi connectivity index (χ1n) is 19.9. The van der Waals surface area contributed by atoms with E-state index in [1.165, 1.54) is 42.7 Å². The van der Waals surface area contributed by atoms with E-state index in [1.807, 2.05) is 0 Å². The number of rotatable bonds is 9. The van der Waals surface area contributed by atoms with Crippen molar-refractivity contribution in [1.29, 1.82) is 0 Å². The summed E-state index contributed by atoms with van der Waals surface area (Å²) in [5.41, 5.74) is 3.96. The Morgan fingerprint density at radius 1 is 0.418 bits per heavy atom. The van der Waals surface area contributed by atoms with E-state index in [0.29, 0.717) is 0 Å². The average Bonchev–Trinajstić information content (AvgIpc) is 3.79. The first-order valence-corrected chi connectivity index (χ1v) is 33.7. The Morgan fingerprint density at radius 2 is 0.655 bits per heavy atom. The Bertz CT molecular complexity index is 2130. The molecule has 6 nitrogen and oxygen atoms in total. The molecule has 294 valence electrons. The van der Waals surface area contributed by atoms with E-state index >= 15 is 0 Å². The standard InChI is InChI=1S/3C15H22NOSi.In/c3*1-15(2,3)18(5,6)16-10-9-12-11-13(17-4)7-8-14(12)16;/h3*7-8,10-11H,1-6H3;. The van der Waals surface area contributed by atoms with E-state index in [9.17, 15) is 0 Å². The van der Waals surface area contributed by atoms with Crippen molar-refractivity contribution in [1.82, 2.24) is 12.7 Å². The van der Waals surface area contributed by atoms with Gasteiger partial charge >= 0.3 is 344 Å². The second-order valence-corrected chi connectivity index (χ2v) is 43.5. The van der Waals surface area contributed by atoms with Crippen LogP contribution in [0.25, 0.3) is 32.7 Å². The topological polar surface area (TPSA) is 42.5 Å². The zero-order chi connectivity index (χ0) is 40.8. The number of nitrogens with zero attached hydrogens (tertiary/aromatic N) is 3. The molecule has 0 bridgehead atoms. The molecule has 0 aliphatic carbocycles. The molecule has 0 N–H and O–H groups in total. The Kier molecular flexibility index (Phi) is 10.6. The quantitative estimate of drug-likeness (QED) is 0.136. The van der Waals surface area contributed by atoms with Crippen molar-refractivity contribution in [2.45, 2.75) is 117 Å². The van der Waals surface area contributed by atoms with Crippen molar-refractivity contribution >= 4 is 88.8 Å². The molecular formula is C45H66InN3O3Si3. The third-order valence-electron chi connectivity index (χ3n) is 14.4. The minimum atomic E-state index is -3.47. The number of hydrogen-bond donors (Lipinski definition) is 0. The molecule has 0 aliphatic rings. The maximum atomic E-state index is 6.00. The fourth-order valence-electron chi connectivity index (χ4n) is 7.75. The minimum absolute atomic E-state index is 0.138. The zero-order valence-corrected chi connectivity index (χ0v) is 43.4. The molecule has 6 rings (SSSR count). The van der Waals surface area contributed by atoms with Crippen LogP contribution in [0.3, 0.4) is 0 Å². The molecule has 3 heterocycles. The zero-order valence-electron chi connectivity index (χ0n) is 37.1. The Balaban J connectivity index is 1.87. The predicted octanol–water partition coefficient (Wildman–Crippen LogP) is 10.7. The van der Waals surface area contributed by atoms with Crippen LogP contribution in [-0.2, 0) is 0 Å². The molecular weight excluding hydrogens is 830 g/mol. The molecule has 0 saturated carbocycles. The van der Waals surface area contributed by atoms with Crippen molar-refractivity contribution in [2.75, 3.05) is 21.3 Å². The molecule has 10 heteroatoms. The third-order valence-corrected chi connectivity index (χ3v) is 39.4. The van der Waals surface area contributed by atoms with Gasteiger partial charge in [0.2, 0.25) is 0 Å². The van der Waals surface area contributed by atoms with Gasteiger partial charge in [-0.25, -0.2) is 0 Å². The number of aromatic nitrogens is 3. The van der Waals surface area contributed by atoms with E-state index in [2.05, 4.69) is 187 Å². The maximum absolute atomic E-state index is 6.00. The molecule has 0 fully saturated rings. The molecule has 0 unspecified atom stereocenters. The second-order valence-electron chi connectivity index (χ2n) is 20.4. The van der Waals surface area contributed by atoms with Gasteiger partial charge in [-0.1, -0.05) is 0 Å². The van der Waals surface area contributed by atoms with Gasteiger partial charge in [-0.2, -0.15) is 0 Å². The van der Waals surface area contributed by atoms with Gasteiger partial charge in [0, 0.05) is 0 Å². The predicted molar refractivity (Wildman–Crippen MR) is 248 cm³/mol. The molecule has 3 aromatic heterocycles. The first kappa shape index (κ1) is 41.8. The molecule has 0 atom stereocenters.